The van der Waals surface area contributed by atoms with Gasteiger partial charge in [-0.2, -0.15) is 0 Å². The van der Waals surface area contributed by atoms with Crippen LogP contribution in [-0.2, 0) is 6.42 Å². The molecule has 0 aromatic heterocycles. The van der Waals surface area contributed by atoms with Gasteiger partial charge in [-0.15, -0.1) is 0 Å². The molecule has 1 saturated carbocycles. The van der Waals surface area contributed by atoms with Gasteiger partial charge in [-0.1, -0.05) is 44.7 Å². The average molecular weight is 260 g/mol. The maximum absolute atomic E-state index is 11.1. The Morgan fingerprint density at radius 2 is 2.05 bits per heavy atom. The van der Waals surface area contributed by atoms with Crippen LogP contribution in [0.1, 0.15) is 62.5 Å². The third kappa shape index (κ3) is 3.72. The molecule has 19 heavy (non-hydrogen) atoms. The maximum atomic E-state index is 11.1. The highest BCUT2D eigenvalue weighted by Crippen LogP contribution is 2.37. The molecule has 1 aromatic carbocycles. The number of nitrogens with one attached hydrogen (secondary N) is 1. The number of anilines is 1. The van der Waals surface area contributed by atoms with E-state index in [4.69, 9.17) is 5.73 Å². The minimum absolute atomic E-state index is 0.472. The van der Waals surface area contributed by atoms with Gasteiger partial charge >= 0.3 is 6.03 Å². The van der Waals surface area contributed by atoms with Gasteiger partial charge in [0.25, 0.3) is 0 Å². The van der Waals surface area contributed by atoms with E-state index in [1.807, 2.05) is 6.07 Å². The number of amides is 2. The zero-order valence-corrected chi connectivity index (χ0v) is 11.7. The second-order valence-corrected chi connectivity index (χ2v) is 5.50. The van der Waals surface area contributed by atoms with Crippen molar-refractivity contribution in [2.45, 2.75) is 57.8 Å². The van der Waals surface area contributed by atoms with Gasteiger partial charge in [0.15, 0.2) is 0 Å². The molecule has 1 aromatic rings. The Morgan fingerprint density at radius 1 is 1.32 bits per heavy atom. The van der Waals surface area contributed by atoms with Crippen LogP contribution in [0.25, 0.3) is 0 Å². The van der Waals surface area contributed by atoms with E-state index in [2.05, 4.69) is 24.4 Å². The van der Waals surface area contributed by atoms with E-state index in [0.717, 1.165) is 18.5 Å². The molecule has 0 radical (unpaired) electrons. The molecule has 3 N–H and O–H groups in total. The van der Waals surface area contributed by atoms with Crippen LogP contribution in [0.5, 0.6) is 0 Å². The molecule has 1 fully saturated rings. The normalized spacial score (nSPS) is 16.3. The first kappa shape index (κ1) is 13.9. The topological polar surface area (TPSA) is 55.1 Å². The van der Waals surface area contributed by atoms with Crippen LogP contribution in [0, 0.1) is 0 Å². The zero-order valence-electron chi connectivity index (χ0n) is 11.7. The highest BCUT2D eigenvalue weighted by atomic mass is 16.2. The van der Waals surface area contributed by atoms with Crippen LogP contribution in [-0.4, -0.2) is 6.03 Å². The summed E-state index contributed by atoms with van der Waals surface area (Å²) in [6, 6.07) is 5.91. The van der Waals surface area contributed by atoms with Crippen LogP contribution in [0.15, 0.2) is 18.2 Å². The summed E-state index contributed by atoms with van der Waals surface area (Å²) in [5.74, 6) is 0.576. The van der Waals surface area contributed by atoms with E-state index in [9.17, 15) is 4.79 Å². The monoisotopic (exact) mass is 260 g/mol. The number of hydrogen-bond acceptors (Lipinski definition) is 1. The van der Waals surface area contributed by atoms with Crippen molar-refractivity contribution in [2.75, 3.05) is 5.32 Å². The van der Waals surface area contributed by atoms with Crippen molar-refractivity contribution >= 4 is 11.7 Å². The molecule has 1 aliphatic rings. The quantitative estimate of drug-likeness (QED) is 0.838. The molecule has 0 unspecified atom stereocenters. The third-order valence-electron chi connectivity index (χ3n) is 3.96. The Balaban J connectivity index is 2.28. The van der Waals surface area contributed by atoms with Gasteiger partial charge in [0, 0.05) is 5.69 Å². The summed E-state index contributed by atoms with van der Waals surface area (Å²) in [6.07, 6.45) is 8.61. The van der Waals surface area contributed by atoms with E-state index in [1.165, 1.54) is 43.2 Å². The molecule has 3 nitrogen and oxygen atoms in total. The second kappa shape index (κ2) is 6.60. The first-order chi connectivity index (χ1) is 9.20. The van der Waals surface area contributed by atoms with E-state index < -0.39 is 6.03 Å². The van der Waals surface area contributed by atoms with Gasteiger partial charge < -0.3 is 11.1 Å². The highest BCUT2D eigenvalue weighted by molar-refractivity contribution is 5.88. The number of carbonyl (C=O) groups excluding carboxylic acids is 1. The first-order valence-electron chi connectivity index (χ1n) is 7.40. The van der Waals surface area contributed by atoms with Crippen molar-refractivity contribution in [1.29, 1.82) is 0 Å². The fraction of sp³-hybridized carbons (Fsp3) is 0.562. The second-order valence-electron chi connectivity index (χ2n) is 5.50. The fourth-order valence-corrected chi connectivity index (χ4v) is 3.05. The summed E-state index contributed by atoms with van der Waals surface area (Å²) in [5.41, 5.74) is 8.81. The molecular weight excluding hydrogens is 236 g/mol. The van der Waals surface area contributed by atoms with Gasteiger partial charge in [-0.25, -0.2) is 4.79 Å². The van der Waals surface area contributed by atoms with Crippen molar-refractivity contribution in [3.8, 4) is 0 Å². The highest BCUT2D eigenvalue weighted by Gasteiger charge is 2.19. The Labute approximate surface area is 115 Å². The minimum atomic E-state index is -0.472. The van der Waals surface area contributed by atoms with Crippen molar-refractivity contribution in [3.63, 3.8) is 0 Å². The Morgan fingerprint density at radius 3 is 2.68 bits per heavy atom. The van der Waals surface area contributed by atoms with Crippen molar-refractivity contribution in [3.05, 3.63) is 29.3 Å². The van der Waals surface area contributed by atoms with Crippen LogP contribution >= 0.6 is 0 Å². The van der Waals surface area contributed by atoms with Gasteiger partial charge in [-0.05, 0) is 42.4 Å². The molecule has 0 aliphatic heterocycles. The summed E-state index contributed by atoms with van der Waals surface area (Å²) < 4.78 is 0. The van der Waals surface area contributed by atoms with E-state index in [-0.39, 0.29) is 0 Å². The standard InChI is InChI=1S/C16H24N2O/c1-2-6-12-9-10-15(18-16(17)19)14(11-12)13-7-4-3-5-8-13/h9-11,13H,2-8H2,1H3,(H3,17,18,19). The molecule has 3 heteroatoms. The van der Waals surface area contributed by atoms with E-state index >= 15 is 0 Å². The largest absolute Gasteiger partial charge is 0.351 e. The minimum Gasteiger partial charge on any atom is -0.351 e. The van der Waals surface area contributed by atoms with Crippen LogP contribution in [0.3, 0.4) is 0 Å². The lowest BCUT2D eigenvalue weighted by Crippen LogP contribution is -2.21. The number of aryl methyl sites for hydroxylation is 1. The average Bonchev–Trinajstić information content (AvgIpc) is 2.41. The summed E-state index contributed by atoms with van der Waals surface area (Å²) >= 11 is 0. The molecule has 2 rings (SSSR count). The molecule has 0 spiro atoms. The fourth-order valence-electron chi connectivity index (χ4n) is 3.05. The van der Waals surface area contributed by atoms with Crippen LogP contribution in [0.4, 0.5) is 10.5 Å². The van der Waals surface area contributed by atoms with Crippen LogP contribution in [0.2, 0.25) is 0 Å². The number of primary amides is 1. The maximum Gasteiger partial charge on any atom is 0.316 e. The van der Waals surface area contributed by atoms with Crippen molar-refractivity contribution < 1.29 is 4.79 Å². The number of nitrogens with two attached hydrogens (primary N) is 1. The predicted molar refractivity (Wildman–Crippen MR) is 79.5 cm³/mol. The summed E-state index contributed by atoms with van der Waals surface area (Å²) in [6.45, 7) is 2.19. The molecule has 1 aliphatic carbocycles. The van der Waals surface area contributed by atoms with Crippen molar-refractivity contribution in [2.24, 2.45) is 5.73 Å². The van der Waals surface area contributed by atoms with Gasteiger partial charge in [-0.3, -0.25) is 0 Å². The number of benzene rings is 1. The smallest absolute Gasteiger partial charge is 0.316 e. The molecule has 104 valence electrons. The Kier molecular flexibility index (Phi) is 4.83. The number of hydrogen-bond donors (Lipinski definition) is 2. The lowest BCUT2D eigenvalue weighted by molar-refractivity contribution is 0.259. The summed E-state index contributed by atoms with van der Waals surface area (Å²) in [5, 5.41) is 2.78. The SMILES string of the molecule is CCCc1ccc(NC(N)=O)c(C2CCCCC2)c1. The number of rotatable bonds is 4. The zero-order chi connectivity index (χ0) is 13.7. The third-order valence-corrected chi connectivity index (χ3v) is 3.96. The molecule has 0 atom stereocenters. The lowest BCUT2D eigenvalue weighted by Gasteiger charge is -2.25. The Hall–Kier alpha value is -1.51. The molecule has 0 saturated heterocycles. The summed E-state index contributed by atoms with van der Waals surface area (Å²) in [7, 11) is 0. The number of carbonyl (C=O) groups is 1. The first-order valence-corrected chi connectivity index (χ1v) is 7.40. The summed E-state index contributed by atoms with van der Waals surface area (Å²) in [4.78, 5) is 11.1. The van der Waals surface area contributed by atoms with Gasteiger partial charge in [0.05, 0.1) is 0 Å². The van der Waals surface area contributed by atoms with Crippen molar-refractivity contribution in [1.82, 2.24) is 0 Å². The predicted octanol–water partition coefficient (Wildman–Crippen LogP) is 4.18. The van der Waals surface area contributed by atoms with E-state index in [1.54, 1.807) is 0 Å². The van der Waals surface area contributed by atoms with Gasteiger partial charge in [0.1, 0.15) is 0 Å². The molecule has 0 heterocycles. The number of urea groups is 1. The van der Waals surface area contributed by atoms with Gasteiger partial charge in [0.2, 0.25) is 0 Å². The van der Waals surface area contributed by atoms with E-state index in [0.29, 0.717) is 5.92 Å². The van der Waals surface area contributed by atoms with Crippen LogP contribution < -0.4 is 11.1 Å². The molecule has 0 bridgehead atoms. The molecule has 2 amide bonds. The lowest BCUT2D eigenvalue weighted by atomic mass is 9.82. The Bertz CT molecular complexity index is 436. The molecular formula is C16H24N2O.